The van der Waals surface area contributed by atoms with Crippen LogP contribution in [-0.4, -0.2) is 4.57 Å². The van der Waals surface area contributed by atoms with Gasteiger partial charge in [0.15, 0.2) is 0 Å². The number of fused-ring (bicyclic) bond motifs is 4. The lowest BCUT2D eigenvalue weighted by Gasteiger charge is -2.30. The first kappa shape index (κ1) is 38.9. The first-order valence-electron chi connectivity index (χ1n) is 22.7. The molecule has 0 saturated heterocycles. The van der Waals surface area contributed by atoms with E-state index in [0.717, 1.165) is 61.7 Å². The van der Waals surface area contributed by atoms with Gasteiger partial charge in [-0.05, 0) is 110 Å². The Balaban J connectivity index is 1.11. The second kappa shape index (κ2) is 16.8. The first-order chi connectivity index (χ1) is 32.8. The smallest absolute Gasteiger partial charge is 0.0541 e. The van der Waals surface area contributed by atoms with E-state index in [2.05, 4.69) is 276 Å². The molecule has 0 aliphatic carbocycles. The summed E-state index contributed by atoms with van der Waals surface area (Å²) in [4.78, 5) is 2.46. The summed E-state index contributed by atoms with van der Waals surface area (Å²) in [5.74, 6) is 0. The fourth-order valence-electron chi connectivity index (χ4n) is 9.95. The molecule has 0 atom stereocenters. The van der Waals surface area contributed by atoms with Crippen LogP contribution < -0.4 is 4.90 Å². The van der Waals surface area contributed by atoms with E-state index in [1.807, 2.05) is 0 Å². The molecule has 0 unspecified atom stereocenters. The average Bonchev–Trinajstić information content (AvgIpc) is 3.74. The summed E-state index contributed by atoms with van der Waals surface area (Å²) in [6, 6.07) is 97.1. The number of benzene rings is 11. The summed E-state index contributed by atoms with van der Waals surface area (Å²) in [5, 5.41) is 4.96. The Morgan fingerprint density at radius 3 is 1.52 bits per heavy atom. The largest absolute Gasteiger partial charge is 0.310 e. The van der Waals surface area contributed by atoms with Gasteiger partial charge in [-0.15, -0.1) is 0 Å². The van der Waals surface area contributed by atoms with Crippen LogP contribution in [0.25, 0.3) is 93.9 Å². The summed E-state index contributed by atoms with van der Waals surface area (Å²) in [5.41, 5.74) is 18.4. The maximum absolute atomic E-state index is 2.46. The lowest BCUT2D eigenvalue weighted by molar-refractivity contribution is 1.18. The van der Waals surface area contributed by atoms with Gasteiger partial charge in [-0.3, -0.25) is 0 Å². The molecule has 2 heteroatoms. The van der Waals surface area contributed by atoms with Gasteiger partial charge in [-0.2, -0.15) is 0 Å². The molecule has 0 spiro atoms. The van der Waals surface area contributed by atoms with Crippen LogP contribution in [0.5, 0.6) is 0 Å². The lowest BCUT2D eigenvalue weighted by Crippen LogP contribution is -2.12. The maximum atomic E-state index is 2.46. The zero-order valence-electron chi connectivity index (χ0n) is 36.3. The molecule has 0 bridgehead atoms. The third-order valence-electron chi connectivity index (χ3n) is 13.0. The van der Waals surface area contributed by atoms with Gasteiger partial charge in [0.2, 0.25) is 0 Å². The number of hydrogen-bond donors (Lipinski definition) is 0. The van der Waals surface area contributed by atoms with E-state index >= 15 is 0 Å². The molecule has 0 radical (unpaired) electrons. The van der Waals surface area contributed by atoms with Crippen LogP contribution in [-0.2, 0) is 0 Å². The van der Waals surface area contributed by atoms with Gasteiger partial charge in [-0.25, -0.2) is 0 Å². The van der Waals surface area contributed by atoms with E-state index in [4.69, 9.17) is 0 Å². The van der Waals surface area contributed by atoms with E-state index < -0.39 is 0 Å². The number of rotatable bonds is 9. The molecule has 66 heavy (non-hydrogen) atoms. The third kappa shape index (κ3) is 6.93. The minimum absolute atomic E-state index is 1.06. The minimum atomic E-state index is 1.06. The maximum Gasteiger partial charge on any atom is 0.0541 e. The van der Waals surface area contributed by atoms with Crippen LogP contribution in [0.3, 0.4) is 0 Å². The number of aromatic nitrogens is 1. The van der Waals surface area contributed by atoms with E-state index in [1.54, 1.807) is 0 Å². The predicted molar refractivity (Wildman–Crippen MR) is 280 cm³/mol. The summed E-state index contributed by atoms with van der Waals surface area (Å²) in [7, 11) is 0. The van der Waals surface area contributed by atoms with Crippen molar-refractivity contribution in [1.82, 2.24) is 4.57 Å². The van der Waals surface area contributed by atoms with Crippen molar-refractivity contribution in [3.63, 3.8) is 0 Å². The molecule has 2 nitrogen and oxygen atoms in total. The Kier molecular flexibility index (Phi) is 9.89. The Bertz CT molecular complexity index is 3640. The van der Waals surface area contributed by atoms with Gasteiger partial charge < -0.3 is 9.47 Å². The number of hydrogen-bond acceptors (Lipinski definition) is 1. The van der Waals surface area contributed by atoms with Crippen molar-refractivity contribution < 1.29 is 0 Å². The van der Waals surface area contributed by atoms with Crippen molar-refractivity contribution >= 4 is 49.6 Å². The van der Waals surface area contributed by atoms with E-state index in [0.29, 0.717) is 0 Å². The number of para-hydroxylation sites is 3. The standard InChI is InChI=1S/C64H44N2/c1-4-20-45(21-5-1)49-28-18-29-51(42-49)65(64-41-38-50(43-60(64)48-24-8-3-9-25-48)54-34-19-27-46-26-10-11-30-53(46)54)52-39-40-55(59(44-52)47-22-6-2-7-23-47)56-31-12-15-35-61(56)66-62-36-16-13-32-57(62)58-33-14-17-37-63(58)66/h1-44H. The fourth-order valence-corrected chi connectivity index (χ4v) is 9.95. The fraction of sp³-hybridized carbons (Fsp3) is 0. The molecule has 310 valence electrons. The third-order valence-corrected chi connectivity index (χ3v) is 13.0. The molecule has 0 fully saturated rings. The Hall–Kier alpha value is -8.72. The number of nitrogens with zero attached hydrogens (tertiary/aromatic N) is 2. The van der Waals surface area contributed by atoms with Crippen LogP contribution in [0.2, 0.25) is 0 Å². The minimum Gasteiger partial charge on any atom is -0.310 e. The molecule has 0 amide bonds. The van der Waals surface area contributed by atoms with Crippen LogP contribution in [0.4, 0.5) is 17.1 Å². The van der Waals surface area contributed by atoms with Gasteiger partial charge in [0.05, 0.1) is 22.4 Å². The molecule has 1 heterocycles. The van der Waals surface area contributed by atoms with Crippen LogP contribution in [0.1, 0.15) is 0 Å². The quantitative estimate of drug-likeness (QED) is 0.141. The van der Waals surface area contributed by atoms with Gasteiger partial charge in [-0.1, -0.05) is 212 Å². The summed E-state index contributed by atoms with van der Waals surface area (Å²) < 4.78 is 2.44. The van der Waals surface area contributed by atoms with Gasteiger partial charge in [0.1, 0.15) is 0 Å². The SMILES string of the molecule is c1ccc(-c2cccc(N(c3ccc(-c4ccccc4-n4c5ccccc5c5ccccc54)c(-c4ccccc4)c3)c3ccc(-c4cccc5ccccc45)cc3-c3ccccc3)c2)cc1. The van der Waals surface area contributed by atoms with Crippen molar-refractivity contribution in [3.05, 3.63) is 267 Å². The second-order valence-corrected chi connectivity index (χ2v) is 16.9. The van der Waals surface area contributed by atoms with Crippen molar-refractivity contribution in [3.8, 4) is 61.3 Å². The normalized spacial score (nSPS) is 11.3. The lowest BCUT2D eigenvalue weighted by atomic mass is 9.91. The van der Waals surface area contributed by atoms with Crippen molar-refractivity contribution in [1.29, 1.82) is 0 Å². The van der Waals surface area contributed by atoms with Crippen LogP contribution >= 0.6 is 0 Å². The molecule has 12 rings (SSSR count). The summed E-state index contributed by atoms with van der Waals surface area (Å²) in [6.07, 6.45) is 0. The van der Waals surface area contributed by atoms with E-state index in [1.165, 1.54) is 49.3 Å². The molecule has 0 aliphatic rings. The molecule has 0 saturated carbocycles. The Morgan fingerprint density at radius 2 is 0.788 bits per heavy atom. The topological polar surface area (TPSA) is 8.17 Å². The highest BCUT2D eigenvalue weighted by Crippen LogP contribution is 2.47. The van der Waals surface area contributed by atoms with Crippen molar-refractivity contribution in [2.45, 2.75) is 0 Å². The second-order valence-electron chi connectivity index (χ2n) is 16.9. The highest BCUT2D eigenvalue weighted by atomic mass is 15.1. The molecule has 12 aromatic rings. The predicted octanol–water partition coefficient (Wildman–Crippen LogP) is 17.7. The highest BCUT2D eigenvalue weighted by Gasteiger charge is 2.23. The van der Waals surface area contributed by atoms with Crippen LogP contribution in [0, 0.1) is 0 Å². The van der Waals surface area contributed by atoms with Gasteiger partial charge in [0.25, 0.3) is 0 Å². The monoisotopic (exact) mass is 840 g/mol. The van der Waals surface area contributed by atoms with Gasteiger partial charge >= 0.3 is 0 Å². The first-order valence-corrected chi connectivity index (χ1v) is 22.7. The molecule has 1 aromatic heterocycles. The van der Waals surface area contributed by atoms with Crippen LogP contribution in [0.15, 0.2) is 267 Å². The van der Waals surface area contributed by atoms with Crippen molar-refractivity contribution in [2.24, 2.45) is 0 Å². The van der Waals surface area contributed by atoms with E-state index in [-0.39, 0.29) is 0 Å². The van der Waals surface area contributed by atoms with Gasteiger partial charge in [0, 0.05) is 33.3 Å². The summed E-state index contributed by atoms with van der Waals surface area (Å²) in [6.45, 7) is 0. The zero-order valence-corrected chi connectivity index (χ0v) is 36.3. The molecular weight excluding hydrogens is 797 g/mol. The Labute approximate surface area is 385 Å². The van der Waals surface area contributed by atoms with E-state index in [9.17, 15) is 0 Å². The highest BCUT2D eigenvalue weighted by molar-refractivity contribution is 6.10. The molecule has 11 aromatic carbocycles. The molecule has 0 aliphatic heterocycles. The Morgan fingerprint density at radius 1 is 0.258 bits per heavy atom. The zero-order chi connectivity index (χ0) is 43.8. The molecule has 0 N–H and O–H groups in total. The average molecular weight is 841 g/mol. The van der Waals surface area contributed by atoms with Crippen molar-refractivity contribution in [2.75, 3.05) is 4.90 Å². The summed E-state index contributed by atoms with van der Waals surface area (Å²) >= 11 is 0. The number of anilines is 3. The molecular formula is C64H44N2.